The molecule has 3 aromatic carbocycles. The predicted octanol–water partition coefficient (Wildman–Crippen LogP) is 5.60. The second-order valence-corrected chi connectivity index (χ2v) is 16.7. The third kappa shape index (κ3) is 6.41. The smallest absolute Gasteiger partial charge is 0.338 e. The van der Waals surface area contributed by atoms with Gasteiger partial charge in [-0.1, -0.05) is 124 Å². The Morgan fingerprint density at radius 2 is 1.47 bits per heavy atom. The van der Waals surface area contributed by atoms with E-state index in [2.05, 4.69) is 57.2 Å². The molecule has 232 valence electrons. The highest BCUT2D eigenvalue weighted by Gasteiger charge is 2.49. The van der Waals surface area contributed by atoms with Crippen LogP contribution in [0.25, 0.3) is 0 Å². The van der Waals surface area contributed by atoms with Crippen molar-refractivity contribution in [2.45, 2.75) is 65.0 Å². The first-order valence-electron chi connectivity index (χ1n) is 15.7. The summed E-state index contributed by atoms with van der Waals surface area (Å²) in [7, 11) is -3.07. The van der Waals surface area contributed by atoms with Crippen molar-refractivity contribution in [2.75, 3.05) is 0 Å². The van der Waals surface area contributed by atoms with Crippen molar-refractivity contribution in [3.63, 3.8) is 0 Å². The second kappa shape index (κ2) is 13.3. The molecule has 0 radical (unpaired) electrons. The fourth-order valence-electron chi connectivity index (χ4n) is 6.67. The van der Waals surface area contributed by atoms with Crippen molar-refractivity contribution >= 4 is 24.6 Å². The van der Waals surface area contributed by atoms with Crippen molar-refractivity contribution in [2.24, 2.45) is 5.92 Å². The predicted molar refractivity (Wildman–Crippen MR) is 184 cm³/mol. The first-order chi connectivity index (χ1) is 21.5. The minimum atomic E-state index is -3.07. The average molecular weight is 619 g/mol. The summed E-state index contributed by atoms with van der Waals surface area (Å²) in [6, 6.07) is 28.7. The molecule has 5 rings (SSSR count). The fraction of sp³-hybridized carbons (Fsp3) is 0.289. The monoisotopic (exact) mass is 618 g/mol. The second-order valence-electron chi connectivity index (χ2n) is 12.8. The summed E-state index contributed by atoms with van der Waals surface area (Å²) in [5.74, 6) is -0.354. The van der Waals surface area contributed by atoms with Gasteiger partial charge in [-0.3, -0.25) is 14.2 Å². The van der Waals surface area contributed by atoms with Gasteiger partial charge in [-0.25, -0.2) is 4.79 Å². The summed E-state index contributed by atoms with van der Waals surface area (Å²) in [5.41, 5.74) is 1.72. The van der Waals surface area contributed by atoms with Crippen molar-refractivity contribution in [3.05, 3.63) is 152 Å². The van der Waals surface area contributed by atoms with Gasteiger partial charge < -0.3 is 4.80 Å². The number of hydrogen-bond donors (Lipinski definition) is 1. The molecule has 1 aromatic heterocycles. The normalized spacial score (nSPS) is 14.2. The Labute approximate surface area is 266 Å². The lowest BCUT2D eigenvalue weighted by atomic mass is 9.90. The van der Waals surface area contributed by atoms with Gasteiger partial charge in [0, 0.05) is 17.3 Å². The lowest BCUT2D eigenvalue weighted by molar-refractivity contribution is 0.0948. The van der Waals surface area contributed by atoms with E-state index in [0.717, 1.165) is 46.2 Å². The molecule has 7 heteroatoms. The maximum absolute atomic E-state index is 13.5. The lowest BCUT2D eigenvalue weighted by Crippen LogP contribution is -2.65. The number of carbonyl (C=O) groups is 1. The first-order valence-corrected chi connectivity index (χ1v) is 17.6. The molecular formula is C38H42N2O4Si. The van der Waals surface area contributed by atoms with Crippen LogP contribution in [0.5, 0.6) is 0 Å². The number of benzene rings is 3. The van der Waals surface area contributed by atoms with Gasteiger partial charge in [-0.15, -0.1) is 0 Å². The zero-order valence-corrected chi connectivity index (χ0v) is 27.6. The van der Waals surface area contributed by atoms with Crippen LogP contribution in [0.1, 0.15) is 62.4 Å². The molecule has 0 saturated carbocycles. The fourth-order valence-corrected chi connectivity index (χ4v) is 10.5. The van der Waals surface area contributed by atoms with Gasteiger partial charge >= 0.3 is 5.69 Å². The molecule has 1 aliphatic rings. The van der Waals surface area contributed by atoms with E-state index in [1.54, 1.807) is 43.5 Å². The number of aromatic nitrogens is 2. The molecule has 0 bridgehead atoms. The van der Waals surface area contributed by atoms with E-state index in [-0.39, 0.29) is 11.0 Å². The van der Waals surface area contributed by atoms with Crippen molar-refractivity contribution in [1.29, 1.82) is 0 Å². The van der Waals surface area contributed by atoms with Gasteiger partial charge in [-0.2, -0.15) is 4.57 Å². The summed E-state index contributed by atoms with van der Waals surface area (Å²) in [6.45, 7) is 8.55. The van der Waals surface area contributed by atoms with E-state index in [1.165, 1.54) is 10.1 Å². The van der Waals surface area contributed by atoms with Gasteiger partial charge in [0.25, 0.3) is 19.8 Å². The van der Waals surface area contributed by atoms with Crippen LogP contribution in [0.3, 0.4) is 0 Å². The van der Waals surface area contributed by atoms with Gasteiger partial charge in [0.2, 0.25) is 0 Å². The van der Waals surface area contributed by atoms with Crippen molar-refractivity contribution < 1.29 is 9.59 Å². The molecule has 0 amide bonds. The zero-order valence-electron chi connectivity index (χ0n) is 26.6. The highest BCUT2D eigenvalue weighted by Crippen LogP contribution is 2.41. The summed E-state index contributed by atoms with van der Waals surface area (Å²) in [6.07, 6.45) is 9.29. The minimum absolute atomic E-state index is 0.266. The number of rotatable bonds is 11. The van der Waals surface area contributed by atoms with E-state index in [9.17, 15) is 19.2 Å². The average Bonchev–Trinajstić information content (AvgIpc) is 3.52. The SMILES string of the molecule is Cc1cn(CC2=C([C@@H](C)CCCC(C)(C)[Si](O)(c3ccccc3)c3ccccc3)CC=C2)c(=O)n(C(=O)c2ccccc2)c1=O. The number of hydrogen-bond acceptors (Lipinski definition) is 4. The Kier molecular flexibility index (Phi) is 9.51. The highest BCUT2D eigenvalue weighted by molar-refractivity contribution is 6.98. The number of carbonyl (C=O) groups excluding carboxylic acids is 1. The van der Waals surface area contributed by atoms with Crippen LogP contribution < -0.4 is 21.6 Å². The van der Waals surface area contributed by atoms with Crippen LogP contribution in [0.15, 0.2) is 130 Å². The molecule has 6 nitrogen and oxygen atoms in total. The molecule has 0 saturated heterocycles. The summed E-state index contributed by atoms with van der Waals surface area (Å²) >= 11 is 0. The Hall–Kier alpha value is -4.33. The maximum atomic E-state index is 13.5. The van der Waals surface area contributed by atoms with Gasteiger partial charge in [-0.05, 0) is 65.2 Å². The van der Waals surface area contributed by atoms with E-state index in [4.69, 9.17) is 0 Å². The van der Waals surface area contributed by atoms with Gasteiger partial charge in [0.15, 0.2) is 0 Å². The molecule has 0 aliphatic heterocycles. The molecule has 45 heavy (non-hydrogen) atoms. The van der Waals surface area contributed by atoms with Crippen LogP contribution in [0.2, 0.25) is 5.04 Å². The third-order valence-corrected chi connectivity index (χ3v) is 13.9. The van der Waals surface area contributed by atoms with E-state index < -0.39 is 25.5 Å². The topological polar surface area (TPSA) is 81.3 Å². The summed E-state index contributed by atoms with van der Waals surface area (Å²) in [4.78, 5) is 52.0. The van der Waals surface area contributed by atoms with Crippen LogP contribution in [-0.4, -0.2) is 28.2 Å². The van der Waals surface area contributed by atoms with Gasteiger partial charge in [0.05, 0.1) is 6.54 Å². The Balaban J connectivity index is 1.35. The quantitative estimate of drug-likeness (QED) is 0.222. The summed E-state index contributed by atoms with van der Waals surface area (Å²) < 4.78 is 2.23. The van der Waals surface area contributed by atoms with Gasteiger partial charge in [0.1, 0.15) is 0 Å². The molecule has 1 aliphatic carbocycles. The Bertz CT molecular complexity index is 1800. The molecule has 1 heterocycles. The van der Waals surface area contributed by atoms with Crippen LogP contribution in [0.4, 0.5) is 0 Å². The maximum Gasteiger partial charge on any atom is 0.338 e. The van der Waals surface area contributed by atoms with Crippen LogP contribution in [0, 0.1) is 12.8 Å². The molecule has 4 aromatic rings. The molecule has 0 unspecified atom stereocenters. The van der Waals surface area contributed by atoms with Crippen molar-refractivity contribution in [1.82, 2.24) is 9.13 Å². The molecule has 0 fully saturated rings. The highest BCUT2D eigenvalue weighted by atomic mass is 28.4. The standard InChI is InChI=1S/C38H42N2O4Si/c1-28(16-15-25-38(3,4)45(44,32-20-10-6-11-21-32)33-22-12-7-13-23-33)34-24-14-19-31(34)27-39-26-29(2)35(41)40(37(39)43)36(42)30-17-8-5-9-18-30/h5-14,17-23,26,28,44H,15-16,24-25,27H2,1-4H3/t28-/m0/s1. The Morgan fingerprint density at radius 1 is 0.911 bits per heavy atom. The Morgan fingerprint density at radius 3 is 2.04 bits per heavy atom. The van der Waals surface area contributed by atoms with E-state index in [1.807, 2.05) is 36.4 Å². The number of nitrogens with zero attached hydrogens (tertiary/aromatic N) is 2. The minimum Gasteiger partial charge on any atom is -0.424 e. The molecular weight excluding hydrogens is 577 g/mol. The largest absolute Gasteiger partial charge is 0.424 e. The van der Waals surface area contributed by atoms with Crippen LogP contribution >= 0.6 is 0 Å². The number of aryl methyl sites for hydroxylation is 1. The first kappa shape index (κ1) is 32.1. The van der Waals surface area contributed by atoms with Crippen molar-refractivity contribution in [3.8, 4) is 0 Å². The van der Waals surface area contributed by atoms with E-state index >= 15 is 0 Å². The molecule has 0 spiro atoms. The summed E-state index contributed by atoms with van der Waals surface area (Å²) in [5, 5.41) is 1.73. The molecule has 1 atom stereocenters. The van der Waals surface area contributed by atoms with Crippen LogP contribution in [-0.2, 0) is 6.54 Å². The zero-order chi connectivity index (χ0) is 32.2. The number of allylic oxidation sites excluding steroid dienone is 4. The third-order valence-electron chi connectivity index (χ3n) is 9.36. The molecule has 1 N–H and O–H groups in total. The lowest BCUT2D eigenvalue weighted by Gasteiger charge is -2.41. The van der Waals surface area contributed by atoms with E-state index in [0.29, 0.717) is 17.7 Å².